The molecule has 130 valence electrons. The molecule has 2 aromatic carbocycles. The lowest BCUT2D eigenvalue weighted by Crippen LogP contribution is -2.24. The molecule has 0 saturated heterocycles. The minimum Gasteiger partial charge on any atom is -0.322 e. The molecule has 0 aliphatic heterocycles. The van der Waals surface area contributed by atoms with E-state index in [2.05, 4.69) is 10.0 Å². The predicted molar refractivity (Wildman–Crippen MR) is 95.6 cm³/mol. The lowest BCUT2D eigenvalue weighted by Gasteiger charge is -2.08. The van der Waals surface area contributed by atoms with Gasteiger partial charge in [0.2, 0.25) is 10.0 Å². The number of hydrogen-bond acceptors (Lipinski definition) is 4. The normalized spacial score (nSPS) is 10.9. The highest BCUT2D eigenvalue weighted by atomic mass is 32.2. The van der Waals surface area contributed by atoms with Crippen molar-refractivity contribution in [3.8, 4) is 6.07 Å². The number of rotatable bonds is 7. The van der Waals surface area contributed by atoms with Gasteiger partial charge in [0.25, 0.3) is 5.91 Å². The van der Waals surface area contributed by atoms with Crippen LogP contribution in [0.2, 0.25) is 0 Å². The van der Waals surface area contributed by atoms with E-state index in [0.29, 0.717) is 23.4 Å². The average Bonchev–Trinajstić information content (AvgIpc) is 2.62. The van der Waals surface area contributed by atoms with E-state index in [9.17, 15) is 13.2 Å². The first kappa shape index (κ1) is 18.6. The Labute approximate surface area is 147 Å². The maximum absolute atomic E-state index is 12.2. The van der Waals surface area contributed by atoms with E-state index < -0.39 is 10.0 Å². The zero-order valence-electron chi connectivity index (χ0n) is 13.8. The molecule has 6 nitrogen and oxygen atoms in total. The van der Waals surface area contributed by atoms with Crippen LogP contribution in [0.15, 0.2) is 53.4 Å². The van der Waals surface area contributed by atoms with E-state index in [-0.39, 0.29) is 10.8 Å². The molecule has 0 saturated carbocycles. The van der Waals surface area contributed by atoms with Gasteiger partial charge in [0.1, 0.15) is 0 Å². The second-order valence-electron chi connectivity index (χ2n) is 5.42. The van der Waals surface area contributed by atoms with Gasteiger partial charge < -0.3 is 5.32 Å². The maximum atomic E-state index is 12.2. The highest BCUT2D eigenvalue weighted by Gasteiger charge is 2.14. The molecule has 25 heavy (non-hydrogen) atoms. The van der Waals surface area contributed by atoms with Crippen molar-refractivity contribution < 1.29 is 13.2 Å². The second-order valence-corrected chi connectivity index (χ2v) is 7.19. The quantitative estimate of drug-likeness (QED) is 0.744. The van der Waals surface area contributed by atoms with Crippen molar-refractivity contribution in [1.82, 2.24) is 4.72 Å². The smallest absolute Gasteiger partial charge is 0.255 e. The lowest BCUT2D eigenvalue weighted by atomic mass is 10.2. The Morgan fingerprint density at radius 3 is 2.52 bits per heavy atom. The van der Waals surface area contributed by atoms with Gasteiger partial charge in [-0.15, -0.1) is 0 Å². The van der Waals surface area contributed by atoms with Gasteiger partial charge in [-0.2, -0.15) is 5.26 Å². The molecule has 2 aromatic rings. The predicted octanol–water partition coefficient (Wildman–Crippen LogP) is 2.89. The van der Waals surface area contributed by atoms with E-state index in [1.54, 1.807) is 24.3 Å². The molecule has 7 heteroatoms. The van der Waals surface area contributed by atoms with Crippen molar-refractivity contribution in [2.45, 2.75) is 24.7 Å². The van der Waals surface area contributed by atoms with Gasteiger partial charge in [0.15, 0.2) is 0 Å². The minimum atomic E-state index is -3.56. The van der Waals surface area contributed by atoms with Crippen LogP contribution in [0.3, 0.4) is 0 Å². The fraction of sp³-hybridized carbons (Fsp3) is 0.222. The first-order valence-corrected chi connectivity index (χ1v) is 9.36. The molecule has 0 spiro atoms. The van der Waals surface area contributed by atoms with Gasteiger partial charge in [0, 0.05) is 17.8 Å². The number of carbonyl (C=O) groups excluding carboxylic acids is 1. The number of sulfonamides is 1. The SMILES string of the molecule is CCCCNS(=O)(=O)c1ccc(C(=O)Nc2cccc(C#N)c2)cc1. The zero-order chi connectivity index (χ0) is 18.3. The third-order valence-corrected chi connectivity index (χ3v) is 4.98. The fourth-order valence-electron chi connectivity index (χ4n) is 2.12. The van der Waals surface area contributed by atoms with Crippen LogP contribution >= 0.6 is 0 Å². The first-order valence-electron chi connectivity index (χ1n) is 7.87. The molecule has 0 aliphatic rings. The molecule has 0 aliphatic carbocycles. The van der Waals surface area contributed by atoms with Crippen LogP contribution in [0.1, 0.15) is 35.7 Å². The Hall–Kier alpha value is -2.69. The summed E-state index contributed by atoms with van der Waals surface area (Å²) in [5, 5.41) is 11.5. The number of anilines is 1. The van der Waals surface area contributed by atoms with E-state index in [0.717, 1.165) is 12.8 Å². The summed E-state index contributed by atoms with van der Waals surface area (Å²) in [5.74, 6) is -0.377. The topological polar surface area (TPSA) is 99.1 Å². The molecule has 0 heterocycles. The van der Waals surface area contributed by atoms with E-state index in [1.165, 1.54) is 24.3 Å². The van der Waals surface area contributed by atoms with Crippen molar-refractivity contribution in [3.05, 3.63) is 59.7 Å². The van der Waals surface area contributed by atoms with Crippen molar-refractivity contribution in [2.24, 2.45) is 0 Å². The molecule has 0 unspecified atom stereocenters. The Balaban J connectivity index is 2.08. The van der Waals surface area contributed by atoms with Crippen LogP contribution in [-0.2, 0) is 10.0 Å². The summed E-state index contributed by atoms with van der Waals surface area (Å²) in [6, 6.07) is 14.3. The summed E-state index contributed by atoms with van der Waals surface area (Å²) in [5.41, 5.74) is 1.27. The fourth-order valence-corrected chi connectivity index (χ4v) is 3.20. The van der Waals surface area contributed by atoms with E-state index in [1.807, 2.05) is 13.0 Å². The number of nitrogens with one attached hydrogen (secondary N) is 2. The van der Waals surface area contributed by atoms with Gasteiger partial charge in [-0.25, -0.2) is 13.1 Å². The second kappa shape index (κ2) is 8.42. The van der Waals surface area contributed by atoms with Crippen molar-refractivity contribution >= 4 is 21.6 Å². The van der Waals surface area contributed by atoms with Crippen LogP contribution < -0.4 is 10.0 Å². The highest BCUT2D eigenvalue weighted by Crippen LogP contribution is 2.14. The van der Waals surface area contributed by atoms with Crippen LogP contribution in [0.4, 0.5) is 5.69 Å². The molecular formula is C18H19N3O3S. The average molecular weight is 357 g/mol. The summed E-state index contributed by atoms with van der Waals surface area (Å²) in [6.07, 6.45) is 1.66. The largest absolute Gasteiger partial charge is 0.322 e. The molecule has 0 aromatic heterocycles. The Kier molecular flexibility index (Phi) is 6.28. The molecule has 2 rings (SSSR count). The number of nitrogens with zero attached hydrogens (tertiary/aromatic N) is 1. The van der Waals surface area contributed by atoms with Gasteiger partial charge in [-0.1, -0.05) is 19.4 Å². The molecule has 0 bridgehead atoms. The maximum Gasteiger partial charge on any atom is 0.255 e. The van der Waals surface area contributed by atoms with E-state index >= 15 is 0 Å². The zero-order valence-corrected chi connectivity index (χ0v) is 14.6. The minimum absolute atomic E-state index is 0.117. The van der Waals surface area contributed by atoms with Crippen molar-refractivity contribution in [3.63, 3.8) is 0 Å². The number of unbranched alkanes of at least 4 members (excludes halogenated alkanes) is 1. The van der Waals surface area contributed by atoms with Crippen molar-refractivity contribution in [1.29, 1.82) is 5.26 Å². The van der Waals surface area contributed by atoms with E-state index in [4.69, 9.17) is 5.26 Å². The summed E-state index contributed by atoms with van der Waals surface area (Å²) in [6.45, 7) is 2.37. The molecule has 2 N–H and O–H groups in total. The summed E-state index contributed by atoms with van der Waals surface area (Å²) in [4.78, 5) is 12.3. The van der Waals surface area contributed by atoms with Crippen LogP contribution in [0.25, 0.3) is 0 Å². The number of nitriles is 1. The molecule has 0 atom stereocenters. The Morgan fingerprint density at radius 2 is 1.88 bits per heavy atom. The number of carbonyl (C=O) groups is 1. The highest BCUT2D eigenvalue weighted by molar-refractivity contribution is 7.89. The molecule has 0 fully saturated rings. The van der Waals surface area contributed by atoms with Gasteiger partial charge >= 0.3 is 0 Å². The van der Waals surface area contributed by atoms with Crippen molar-refractivity contribution in [2.75, 3.05) is 11.9 Å². The van der Waals surface area contributed by atoms with Crippen LogP contribution in [-0.4, -0.2) is 20.9 Å². The Bertz CT molecular complexity index is 885. The Morgan fingerprint density at radius 1 is 1.16 bits per heavy atom. The number of amides is 1. The third-order valence-electron chi connectivity index (χ3n) is 3.50. The van der Waals surface area contributed by atoms with Crippen LogP contribution in [0.5, 0.6) is 0 Å². The standard InChI is InChI=1S/C18H19N3O3S/c1-2-3-11-20-25(23,24)17-9-7-15(8-10-17)18(22)21-16-6-4-5-14(12-16)13-19/h4-10,12,20H,2-3,11H2,1H3,(H,21,22). The van der Waals surface area contributed by atoms with Crippen LogP contribution in [0, 0.1) is 11.3 Å². The van der Waals surface area contributed by atoms with Gasteiger partial charge in [-0.05, 0) is 48.9 Å². The third kappa shape index (κ3) is 5.14. The molecular weight excluding hydrogens is 338 g/mol. The number of benzene rings is 2. The first-order chi connectivity index (χ1) is 12.0. The lowest BCUT2D eigenvalue weighted by molar-refractivity contribution is 0.102. The summed E-state index contributed by atoms with van der Waals surface area (Å²) >= 11 is 0. The monoisotopic (exact) mass is 357 g/mol. The van der Waals surface area contributed by atoms with Gasteiger partial charge in [-0.3, -0.25) is 4.79 Å². The molecule has 1 amide bonds. The molecule has 0 radical (unpaired) electrons. The van der Waals surface area contributed by atoms with Gasteiger partial charge in [0.05, 0.1) is 16.5 Å². The summed E-state index contributed by atoms with van der Waals surface area (Å²) in [7, 11) is -3.56. The summed E-state index contributed by atoms with van der Waals surface area (Å²) < 4.78 is 26.7. The number of hydrogen-bond donors (Lipinski definition) is 2.